The average Bonchev–Trinajstić information content (AvgIpc) is 3.44. The van der Waals surface area contributed by atoms with Gasteiger partial charge in [0.05, 0.1) is 29.9 Å². The van der Waals surface area contributed by atoms with Gasteiger partial charge in [0.2, 0.25) is 0 Å². The van der Waals surface area contributed by atoms with Gasteiger partial charge in [0.25, 0.3) is 0 Å². The zero-order valence-electron chi connectivity index (χ0n) is 18.8. The van der Waals surface area contributed by atoms with E-state index in [1.807, 2.05) is 0 Å². The molecule has 1 aliphatic heterocycles. The highest BCUT2D eigenvalue weighted by molar-refractivity contribution is 8.18. The monoisotopic (exact) mass is 491 g/mol. The van der Waals surface area contributed by atoms with Gasteiger partial charge in [-0.15, -0.1) is 0 Å². The number of hydrogen-bond donors (Lipinski definition) is 2. The Bertz CT molecular complexity index is 1350. The van der Waals surface area contributed by atoms with Crippen LogP contribution >= 0.6 is 11.8 Å². The van der Waals surface area contributed by atoms with Crippen LogP contribution in [0.1, 0.15) is 23.0 Å². The van der Waals surface area contributed by atoms with Crippen LogP contribution in [0.25, 0.3) is 17.4 Å². The summed E-state index contributed by atoms with van der Waals surface area (Å²) in [6.07, 6.45) is 1.60. The maximum absolute atomic E-state index is 12.6. The van der Waals surface area contributed by atoms with E-state index in [1.165, 1.54) is 12.1 Å². The first-order valence-corrected chi connectivity index (χ1v) is 11.4. The molecule has 0 fully saturated rings. The number of furan rings is 1. The lowest BCUT2D eigenvalue weighted by Crippen LogP contribution is -2.12. The van der Waals surface area contributed by atoms with Gasteiger partial charge in [-0.3, -0.25) is 0 Å². The van der Waals surface area contributed by atoms with Crippen molar-refractivity contribution in [3.05, 3.63) is 88.2 Å². The number of rotatable bonds is 7. The SMILES string of the molecule is CCOC(=O)C1=C(O)/C(=C/c2ccc(-c3ccc(C(=O)O)cc3)o2)SC1=Nc1ccc(OC)cc1. The van der Waals surface area contributed by atoms with Crippen molar-refractivity contribution < 1.29 is 33.7 Å². The lowest BCUT2D eigenvalue weighted by atomic mass is 10.1. The molecule has 9 heteroatoms. The van der Waals surface area contributed by atoms with Gasteiger partial charge in [0, 0.05) is 5.56 Å². The number of thioether (sulfide) groups is 1. The number of aliphatic hydroxyl groups excluding tert-OH is 1. The average molecular weight is 492 g/mol. The fourth-order valence-corrected chi connectivity index (χ4v) is 4.27. The minimum Gasteiger partial charge on any atom is -0.506 e. The van der Waals surface area contributed by atoms with Crippen LogP contribution in [0.2, 0.25) is 0 Å². The summed E-state index contributed by atoms with van der Waals surface area (Å²) in [4.78, 5) is 28.5. The van der Waals surface area contributed by atoms with Crippen molar-refractivity contribution in [1.29, 1.82) is 0 Å². The van der Waals surface area contributed by atoms with Crippen LogP contribution in [0, 0.1) is 0 Å². The van der Waals surface area contributed by atoms with E-state index in [9.17, 15) is 14.7 Å². The molecule has 0 amide bonds. The molecule has 3 aromatic rings. The summed E-state index contributed by atoms with van der Waals surface area (Å²) < 4.78 is 16.1. The predicted octanol–water partition coefficient (Wildman–Crippen LogP) is 5.85. The highest BCUT2D eigenvalue weighted by Gasteiger charge is 2.33. The quantitative estimate of drug-likeness (QED) is 0.395. The molecule has 0 saturated heterocycles. The Hall–Kier alpha value is -4.24. The number of methoxy groups -OCH3 is 1. The molecule has 0 aliphatic carbocycles. The van der Waals surface area contributed by atoms with Gasteiger partial charge in [-0.2, -0.15) is 0 Å². The highest BCUT2D eigenvalue weighted by Crippen LogP contribution is 2.40. The molecule has 0 bridgehead atoms. The Kier molecular flexibility index (Phi) is 7.07. The van der Waals surface area contributed by atoms with Crippen molar-refractivity contribution in [3.63, 3.8) is 0 Å². The summed E-state index contributed by atoms with van der Waals surface area (Å²) in [5.41, 5.74) is 1.44. The van der Waals surface area contributed by atoms with E-state index in [2.05, 4.69) is 4.99 Å². The predicted molar refractivity (Wildman–Crippen MR) is 133 cm³/mol. The first kappa shape index (κ1) is 23.9. The smallest absolute Gasteiger partial charge is 0.344 e. The maximum Gasteiger partial charge on any atom is 0.344 e. The standard InChI is InChI=1S/C26H21NO7S/c1-3-33-26(31)22-23(28)21(35-24(22)27-17-8-10-18(32-2)11-9-17)14-19-12-13-20(34-19)15-4-6-16(7-5-15)25(29)30/h4-14,28H,3H2,1-2H3,(H,29,30)/b21-14-,27-24?. The fourth-order valence-electron chi connectivity index (χ4n) is 3.26. The number of hydrogen-bond acceptors (Lipinski definition) is 8. The Morgan fingerprint density at radius 2 is 1.77 bits per heavy atom. The second kappa shape index (κ2) is 10.4. The van der Waals surface area contributed by atoms with Gasteiger partial charge < -0.3 is 24.1 Å². The molecule has 0 radical (unpaired) electrons. The molecule has 0 spiro atoms. The zero-order valence-corrected chi connectivity index (χ0v) is 19.7. The summed E-state index contributed by atoms with van der Waals surface area (Å²) in [6.45, 7) is 1.83. The number of carboxylic acid groups (broad SMARTS) is 1. The Labute approximate surface area is 205 Å². The van der Waals surface area contributed by atoms with Crippen LogP contribution in [0.4, 0.5) is 5.69 Å². The lowest BCUT2D eigenvalue weighted by Gasteiger charge is -2.04. The summed E-state index contributed by atoms with van der Waals surface area (Å²) >= 11 is 1.12. The third kappa shape index (κ3) is 5.30. The van der Waals surface area contributed by atoms with Crippen LogP contribution in [0.15, 0.2) is 86.3 Å². The van der Waals surface area contributed by atoms with Crippen LogP contribution in [-0.2, 0) is 9.53 Å². The number of benzene rings is 2. The number of carbonyl (C=O) groups excluding carboxylic acids is 1. The third-order valence-electron chi connectivity index (χ3n) is 4.99. The molecule has 0 saturated carbocycles. The number of aromatic carboxylic acids is 1. The van der Waals surface area contributed by atoms with E-state index in [4.69, 9.17) is 19.0 Å². The molecular weight excluding hydrogens is 470 g/mol. The largest absolute Gasteiger partial charge is 0.506 e. The second-order valence-electron chi connectivity index (χ2n) is 7.25. The normalized spacial score (nSPS) is 15.6. The molecule has 1 aliphatic rings. The Balaban J connectivity index is 1.65. The van der Waals surface area contributed by atoms with E-state index in [0.29, 0.717) is 38.5 Å². The number of carbonyl (C=O) groups is 2. The Morgan fingerprint density at radius 1 is 1.06 bits per heavy atom. The molecule has 2 aromatic carbocycles. The van der Waals surface area contributed by atoms with Crippen LogP contribution < -0.4 is 4.74 Å². The number of aliphatic imine (C=N–C) groups is 1. The molecule has 1 aromatic heterocycles. The van der Waals surface area contributed by atoms with Crippen molar-refractivity contribution in [2.45, 2.75) is 6.92 Å². The third-order valence-corrected chi connectivity index (χ3v) is 6.01. The van der Waals surface area contributed by atoms with E-state index < -0.39 is 11.9 Å². The van der Waals surface area contributed by atoms with Crippen molar-refractivity contribution >= 4 is 40.5 Å². The molecule has 4 rings (SSSR count). The second-order valence-corrected chi connectivity index (χ2v) is 8.28. The molecule has 35 heavy (non-hydrogen) atoms. The first-order chi connectivity index (χ1) is 16.9. The molecular formula is C26H21NO7S. The van der Waals surface area contributed by atoms with E-state index in [0.717, 1.165) is 11.8 Å². The molecule has 0 unspecified atom stereocenters. The molecule has 2 N–H and O–H groups in total. The lowest BCUT2D eigenvalue weighted by molar-refractivity contribution is -0.138. The minimum absolute atomic E-state index is 0.0186. The minimum atomic E-state index is -1.01. The van der Waals surface area contributed by atoms with Crippen LogP contribution in [0.3, 0.4) is 0 Å². The molecule has 178 valence electrons. The van der Waals surface area contributed by atoms with Gasteiger partial charge >= 0.3 is 11.9 Å². The van der Waals surface area contributed by atoms with E-state index in [1.54, 1.807) is 68.6 Å². The number of nitrogens with zero attached hydrogens (tertiary/aromatic N) is 1. The van der Waals surface area contributed by atoms with Crippen molar-refractivity contribution in [1.82, 2.24) is 0 Å². The molecule has 2 heterocycles. The van der Waals surface area contributed by atoms with Gasteiger partial charge in [-0.1, -0.05) is 23.9 Å². The number of esters is 1. The van der Waals surface area contributed by atoms with Crippen molar-refractivity contribution in [3.8, 4) is 17.1 Å². The summed E-state index contributed by atoms with van der Waals surface area (Å²) in [6, 6.07) is 16.7. The first-order valence-electron chi connectivity index (χ1n) is 10.6. The molecule has 8 nitrogen and oxygen atoms in total. The van der Waals surface area contributed by atoms with E-state index in [-0.39, 0.29) is 23.5 Å². The summed E-state index contributed by atoms with van der Waals surface area (Å²) in [5, 5.41) is 20.2. The number of aliphatic hydroxyl groups is 1. The van der Waals surface area contributed by atoms with Crippen molar-refractivity contribution in [2.75, 3.05) is 13.7 Å². The van der Waals surface area contributed by atoms with Gasteiger partial charge in [-0.05, 0) is 61.5 Å². The molecule has 0 atom stereocenters. The fraction of sp³-hybridized carbons (Fsp3) is 0.115. The van der Waals surface area contributed by atoms with Gasteiger partial charge in [0.15, 0.2) is 0 Å². The highest BCUT2D eigenvalue weighted by atomic mass is 32.2. The summed E-state index contributed by atoms with van der Waals surface area (Å²) in [5.74, 6) is -0.296. The van der Waals surface area contributed by atoms with Crippen LogP contribution in [-0.4, -0.2) is 40.9 Å². The topological polar surface area (TPSA) is 119 Å². The Morgan fingerprint density at radius 3 is 2.40 bits per heavy atom. The van der Waals surface area contributed by atoms with E-state index >= 15 is 0 Å². The number of ether oxygens (including phenoxy) is 2. The maximum atomic E-state index is 12.6. The van der Waals surface area contributed by atoms with Gasteiger partial charge in [-0.25, -0.2) is 14.6 Å². The van der Waals surface area contributed by atoms with Crippen LogP contribution in [0.5, 0.6) is 5.75 Å². The van der Waals surface area contributed by atoms with Gasteiger partial charge in [0.1, 0.15) is 33.6 Å². The zero-order chi connectivity index (χ0) is 24.9. The number of carboxylic acids is 1. The summed E-state index contributed by atoms with van der Waals surface area (Å²) in [7, 11) is 1.57. The van der Waals surface area contributed by atoms with Crippen molar-refractivity contribution in [2.24, 2.45) is 4.99 Å².